The molecule has 9 amide bonds. The van der Waals surface area contributed by atoms with Gasteiger partial charge in [-0.2, -0.15) is 0 Å². The summed E-state index contributed by atoms with van der Waals surface area (Å²) < 4.78 is 0. The quantitative estimate of drug-likeness (QED) is 0.0154. The van der Waals surface area contributed by atoms with Crippen LogP contribution >= 0.6 is 0 Å². The van der Waals surface area contributed by atoms with Crippen LogP contribution in [0.25, 0.3) is 0 Å². The first-order chi connectivity index (χ1) is 37.9. The van der Waals surface area contributed by atoms with Gasteiger partial charge in [-0.25, -0.2) is 0 Å². The Labute approximate surface area is 475 Å². The minimum Gasteiger partial charge on any atom is -0.370 e. The van der Waals surface area contributed by atoms with Crippen molar-refractivity contribution in [2.24, 2.45) is 101 Å². The molecule has 0 rings (SSSR count). The van der Waals surface area contributed by atoms with Gasteiger partial charge in [0.15, 0.2) is 23.8 Å². The molecule has 462 valence electrons. The van der Waals surface area contributed by atoms with Crippen LogP contribution in [-0.2, 0) is 43.2 Å². The Morgan fingerprint density at radius 2 is 0.691 bits per heavy atom. The van der Waals surface area contributed by atoms with Gasteiger partial charge in [0.05, 0.1) is 12.6 Å². The summed E-state index contributed by atoms with van der Waals surface area (Å²) in [6, 6.07) is -9.41. The number of nitrogens with zero attached hydrogens (tertiary/aromatic N) is 4. The summed E-state index contributed by atoms with van der Waals surface area (Å²) in [6.45, 7) is 14.4. The van der Waals surface area contributed by atoms with E-state index in [1.807, 2.05) is 41.5 Å². The van der Waals surface area contributed by atoms with Crippen molar-refractivity contribution in [3.63, 3.8) is 0 Å². The zero-order valence-electron chi connectivity index (χ0n) is 48.7. The molecule has 28 N–H and O–H groups in total. The molecule has 31 nitrogen and oxygen atoms in total. The first-order valence-electron chi connectivity index (χ1n) is 27.5. The van der Waals surface area contributed by atoms with Crippen LogP contribution in [0, 0.1) is 23.7 Å². The third-order valence-corrected chi connectivity index (χ3v) is 12.3. The van der Waals surface area contributed by atoms with E-state index in [1.165, 1.54) is 0 Å². The highest BCUT2D eigenvalue weighted by atomic mass is 16.2. The van der Waals surface area contributed by atoms with E-state index in [0.717, 1.165) is 0 Å². The Hall–Kier alpha value is -7.73. The minimum atomic E-state index is -1.32. The van der Waals surface area contributed by atoms with Crippen LogP contribution in [0.2, 0.25) is 0 Å². The Bertz CT molecular complexity index is 2140. The van der Waals surface area contributed by atoms with Crippen LogP contribution in [0.3, 0.4) is 0 Å². The van der Waals surface area contributed by atoms with Crippen LogP contribution in [0.15, 0.2) is 20.0 Å². The maximum atomic E-state index is 14.3. The van der Waals surface area contributed by atoms with E-state index in [-0.39, 0.29) is 132 Å². The lowest BCUT2D eigenvalue weighted by Gasteiger charge is -2.29. The highest BCUT2D eigenvalue weighted by Gasteiger charge is 2.35. The Morgan fingerprint density at radius 3 is 1.05 bits per heavy atom. The van der Waals surface area contributed by atoms with Crippen LogP contribution in [0.1, 0.15) is 132 Å². The summed E-state index contributed by atoms with van der Waals surface area (Å²) in [5, 5.41) is 21.3. The molecule has 0 aliphatic heterocycles. The lowest BCUT2D eigenvalue weighted by atomic mass is 9.97. The number of nitrogens with one attached hydrogen (secondary N) is 8. The second kappa shape index (κ2) is 39.6. The van der Waals surface area contributed by atoms with Gasteiger partial charge in [0.25, 0.3) is 0 Å². The molecule has 0 saturated carbocycles. The highest BCUT2D eigenvalue weighted by molar-refractivity contribution is 5.98. The lowest BCUT2D eigenvalue weighted by molar-refractivity contribution is -0.136. The molecule has 0 unspecified atom stereocenters. The van der Waals surface area contributed by atoms with Crippen molar-refractivity contribution in [1.82, 2.24) is 42.5 Å². The van der Waals surface area contributed by atoms with Crippen molar-refractivity contribution in [3.8, 4) is 0 Å². The Kier molecular flexibility index (Phi) is 35.8. The first-order valence-corrected chi connectivity index (χ1v) is 27.5. The summed E-state index contributed by atoms with van der Waals surface area (Å²) in [4.78, 5) is 139. The number of guanidine groups is 4. The van der Waals surface area contributed by atoms with Crippen LogP contribution < -0.4 is 99.9 Å². The van der Waals surface area contributed by atoms with E-state index in [2.05, 4.69) is 62.5 Å². The molecule has 31 heteroatoms. The molecule has 0 aromatic rings. The van der Waals surface area contributed by atoms with Crippen molar-refractivity contribution in [2.45, 2.75) is 181 Å². The van der Waals surface area contributed by atoms with Crippen LogP contribution in [0.5, 0.6) is 0 Å². The smallest absolute Gasteiger partial charge is 0.243 e. The third-order valence-electron chi connectivity index (χ3n) is 12.3. The zero-order valence-corrected chi connectivity index (χ0v) is 48.7. The van der Waals surface area contributed by atoms with E-state index in [0.29, 0.717) is 12.8 Å². The molecule has 0 spiro atoms. The standard InChI is InChI=1S/C50H98N22O9/c1-9-29(8)38(46(81)65-25-37(73)66-32(16-12-20-63-49(57)58)41(76)67-31(39(52)74)15-11-19-62-48(55)56)72-42(77)33(17-13-21-64-50(59)60)68-43(78)35(23-27(4)5)70-45(80)36(24-28(6)7)71-44(79)34(22-26(2)3)69-40(75)30(51)14-10-18-61-47(53)54/h26-36,38H,9-25,51H2,1-8H3,(H2,52,74)(H,65,81)(H,66,73)(H,67,76)(H,68,78)(H,69,75)(H,70,80)(H,71,79)(H,72,77)(H4,53,54,61)(H4,55,56,62)(H4,57,58,63)(H4,59,60,64)/t29-,30-,31-,32-,33-,34-,35-,36-,38-/m1/s1. The predicted molar refractivity (Wildman–Crippen MR) is 311 cm³/mol. The number of hydrogen-bond acceptors (Lipinski definition) is 14. The van der Waals surface area contributed by atoms with Gasteiger partial charge in [-0.3, -0.25) is 63.1 Å². The molecule has 0 radical (unpaired) electrons. The van der Waals surface area contributed by atoms with Crippen molar-refractivity contribution >= 4 is 77.0 Å². The summed E-state index contributed by atoms with van der Waals surface area (Å²) in [5.41, 5.74) is 55.2. The summed E-state index contributed by atoms with van der Waals surface area (Å²) in [5.74, 6) is -8.19. The molecule has 0 aliphatic rings. The first kappa shape index (κ1) is 73.3. The summed E-state index contributed by atoms with van der Waals surface area (Å²) >= 11 is 0. The molecular formula is C50H98N22O9. The molecule has 0 aliphatic carbocycles. The van der Waals surface area contributed by atoms with E-state index in [9.17, 15) is 43.2 Å². The van der Waals surface area contributed by atoms with E-state index < -0.39 is 114 Å². The fraction of sp³-hybridized carbons (Fsp3) is 0.740. The average molecular weight is 1150 g/mol. The SMILES string of the molecule is CC[C@@H](C)[C@@H](NC(=O)[C@@H](CCCN=C(N)N)NC(=O)[C@@H](CC(C)C)NC(=O)[C@@H](CC(C)C)NC(=O)[C@@H](CC(C)C)NC(=O)[C@H](N)CCCN=C(N)N)C(=O)NCC(=O)N[C@H](CCCN=C(N)N)C(=O)N[C@H](CCCN=C(N)N)C(N)=O. The van der Waals surface area contributed by atoms with Crippen molar-refractivity contribution in [3.05, 3.63) is 0 Å². The number of hydrogen-bond donors (Lipinski definition) is 18. The monoisotopic (exact) mass is 1150 g/mol. The number of aliphatic imine (C=N–C) groups is 4. The van der Waals surface area contributed by atoms with Gasteiger partial charge in [0.2, 0.25) is 53.2 Å². The maximum absolute atomic E-state index is 14.3. The molecule has 81 heavy (non-hydrogen) atoms. The minimum absolute atomic E-state index is 0.00182. The van der Waals surface area contributed by atoms with Gasteiger partial charge in [-0.1, -0.05) is 61.8 Å². The molecular weight excluding hydrogens is 1050 g/mol. The molecule has 0 saturated heterocycles. The largest absolute Gasteiger partial charge is 0.370 e. The van der Waals surface area contributed by atoms with Gasteiger partial charge < -0.3 is 99.9 Å². The van der Waals surface area contributed by atoms with Gasteiger partial charge in [0.1, 0.15) is 42.3 Å². The van der Waals surface area contributed by atoms with Crippen molar-refractivity contribution < 1.29 is 43.2 Å². The van der Waals surface area contributed by atoms with Gasteiger partial charge in [-0.15, -0.1) is 0 Å². The molecule has 0 aromatic carbocycles. The highest BCUT2D eigenvalue weighted by Crippen LogP contribution is 2.14. The fourth-order valence-corrected chi connectivity index (χ4v) is 7.94. The van der Waals surface area contributed by atoms with E-state index in [1.54, 1.807) is 13.8 Å². The van der Waals surface area contributed by atoms with Crippen LogP contribution in [0.4, 0.5) is 0 Å². The number of nitrogens with two attached hydrogens (primary N) is 10. The second-order valence-corrected chi connectivity index (χ2v) is 21.2. The van der Waals surface area contributed by atoms with E-state index >= 15 is 0 Å². The Morgan fingerprint density at radius 1 is 0.383 bits per heavy atom. The molecule has 0 fully saturated rings. The normalized spacial score (nSPS) is 14.4. The average Bonchev–Trinajstić information content (AvgIpc) is 3.39. The number of primary amides is 1. The number of carbonyl (C=O) groups is 9. The van der Waals surface area contributed by atoms with Gasteiger partial charge in [0, 0.05) is 26.2 Å². The number of amides is 9. The Balaban J connectivity index is 6.61. The van der Waals surface area contributed by atoms with Crippen molar-refractivity contribution in [2.75, 3.05) is 32.7 Å². The molecule has 9 atom stereocenters. The van der Waals surface area contributed by atoms with E-state index in [4.69, 9.17) is 57.3 Å². The van der Waals surface area contributed by atoms with Gasteiger partial charge in [-0.05, 0) is 94.3 Å². The second-order valence-electron chi connectivity index (χ2n) is 21.2. The number of rotatable bonds is 41. The topological polar surface area (TPSA) is 560 Å². The van der Waals surface area contributed by atoms with Crippen molar-refractivity contribution in [1.29, 1.82) is 0 Å². The zero-order chi connectivity index (χ0) is 61.9. The van der Waals surface area contributed by atoms with Crippen LogP contribution in [-0.4, -0.2) is 158 Å². The maximum Gasteiger partial charge on any atom is 0.243 e. The molecule has 0 heterocycles. The number of carbonyl (C=O) groups excluding carboxylic acids is 9. The summed E-state index contributed by atoms with van der Waals surface area (Å²) in [6.07, 6.45) is 2.18. The summed E-state index contributed by atoms with van der Waals surface area (Å²) in [7, 11) is 0. The lowest BCUT2D eigenvalue weighted by Crippen LogP contribution is -2.60. The molecule has 0 aromatic heterocycles. The predicted octanol–water partition coefficient (Wildman–Crippen LogP) is -5.29. The molecule has 0 bridgehead atoms. The third kappa shape index (κ3) is 33.5. The van der Waals surface area contributed by atoms with Gasteiger partial charge >= 0.3 is 0 Å². The fourth-order valence-electron chi connectivity index (χ4n) is 7.94.